The van der Waals surface area contributed by atoms with E-state index in [0.29, 0.717) is 29.3 Å². The summed E-state index contributed by atoms with van der Waals surface area (Å²) in [6.07, 6.45) is 5.15. The van der Waals surface area contributed by atoms with Crippen LogP contribution in [0, 0.1) is 6.92 Å². The fourth-order valence-electron chi connectivity index (χ4n) is 4.65. The molecule has 2 aromatic carbocycles. The number of carbonyl (C=O) groups is 2. The van der Waals surface area contributed by atoms with Gasteiger partial charge in [-0.25, -0.2) is 14.8 Å². The van der Waals surface area contributed by atoms with Gasteiger partial charge in [-0.05, 0) is 67.6 Å². The summed E-state index contributed by atoms with van der Waals surface area (Å²) in [7, 11) is 3.46. The van der Waals surface area contributed by atoms with Crippen LogP contribution in [0.25, 0.3) is 11.3 Å². The fourth-order valence-corrected chi connectivity index (χ4v) is 4.65. The number of methoxy groups -OCH3 is 1. The summed E-state index contributed by atoms with van der Waals surface area (Å²) >= 11 is 0. The number of anilines is 3. The van der Waals surface area contributed by atoms with Gasteiger partial charge in [0.05, 0.1) is 18.4 Å². The van der Waals surface area contributed by atoms with Gasteiger partial charge < -0.3 is 20.3 Å². The van der Waals surface area contributed by atoms with Crippen molar-refractivity contribution in [2.45, 2.75) is 13.5 Å². The third kappa shape index (κ3) is 6.92. The number of esters is 1. The molecule has 0 bridgehead atoms. The summed E-state index contributed by atoms with van der Waals surface area (Å²) < 4.78 is 5.04. The molecule has 10 heteroatoms. The number of aryl methyl sites for hydroxylation is 1. The number of hydrogen-bond acceptors (Lipinski definition) is 9. The van der Waals surface area contributed by atoms with E-state index in [9.17, 15) is 9.59 Å². The topological polar surface area (TPSA) is 113 Å². The van der Waals surface area contributed by atoms with E-state index in [0.717, 1.165) is 54.3 Å². The molecule has 1 aliphatic rings. The Morgan fingerprint density at radius 2 is 1.83 bits per heavy atom. The number of amides is 1. The third-order valence-electron chi connectivity index (χ3n) is 7.12. The van der Waals surface area contributed by atoms with Crippen molar-refractivity contribution in [1.82, 2.24) is 24.8 Å². The zero-order chi connectivity index (χ0) is 28.8. The van der Waals surface area contributed by atoms with E-state index in [1.54, 1.807) is 30.7 Å². The van der Waals surface area contributed by atoms with Gasteiger partial charge in [0.1, 0.15) is 0 Å². The van der Waals surface area contributed by atoms with E-state index in [-0.39, 0.29) is 5.91 Å². The Bertz CT molecular complexity index is 1540. The molecule has 3 heterocycles. The summed E-state index contributed by atoms with van der Waals surface area (Å²) in [5.74, 6) is -0.360. The lowest BCUT2D eigenvalue weighted by Crippen LogP contribution is -2.44. The normalized spacial score (nSPS) is 13.9. The fraction of sp³-hybridized carbons (Fsp3) is 0.258. The lowest BCUT2D eigenvalue weighted by Gasteiger charge is -2.32. The molecule has 2 N–H and O–H groups in total. The molecule has 0 atom stereocenters. The van der Waals surface area contributed by atoms with Crippen molar-refractivity contribution >= 4 is 29.2 Å². The zero-order valence-corrected chi connectivity index (χ0v) is 23.4. The predicted molar refractivity (Wildman–Crippen MR) is 158 cm³/mol. The molecule has 41 heavy (non-hydrogen) atoms. The van der Waals surface area contributed by atoms with Crippen LogP contribution >= 0.6 is 0 Å². The lowest BCUT2D eigenvalue weighted by molar-refractivity contribution is 0.0597. The molecule has 1 saturated heterocycles. The number of nitrogens with one attached hydrogen (secondary N) is 2. The second kappa shape index (κ2) is 12.7. The first-order valence-electron chi connectivity index (χ1n) is 13.4. The molecule has 1 aliphatic heterocycles. The van der Waals surface area contributed by atoms with Crippen molar-refractivity contribution in [3.8, 4) is 11.3 Å². The van der Waals surface area contributed by atoms with Gasteiger partial charge in [-0.2, -0.15) is 0 Å². The lowest BCUT2D eigenvalue weighted by atomic mass is 10.0. The van der Waals surface area contributed by atoms with Gasteiger partial charge >= 0.3 is 5.97 Å². The highest BCUT2D eigenvalue weighted by Crippen LogP contribution is 2.25. The molecule has 0 spiro atoms. The van der Waals surface area contributed by atoms with Gasteiger partial charge in [-0.15, -0.1) is 0 Å². The third-order valence-corrected chi connectivity index (χ3v) is 7.12. The molecule has 0 aliphatic carbocycles. The van der Waals surface area contributed by atoms with Crippen LogP contribution in [-0.2, 0) is 11.3 Å². The van der Waals surface area contributed by atoms with Crippen LogP contribution in [0.5, 0.6) is 0 Å². The Hall–Kier alpha value is -4.67. The van der Waals surface area contributed by atoms with Crippen molar-refractivity contribution in [3.63, 3.8) is 0 Å². The van der Waals surface area contributed by atoms with Crippen LogP contribution in [0.1, 0.15) is 31.8 Å². The number of hydrogen-bond donors (Lipinski definition) is 2. The summed E-state index contributed by atoms with van der Waals surface area (Å²) in [5.41, 5.74) is 5.54. The summed E-state index contributed by atoms with van der Waals surface area (Å²) in [4.78, 5) is 43.6. The maximum absolute atomic E-state index is 13.2. The molecule has 2 aromatic heterocycles. The first kappa shape index (κ1) is 27.9. The molecular weight excluding hydrogens is 518 g/mol. The Kier molecular flexibility index (Phi) is 8.61. The van der Waals surface area contributed by atoms with E-state index >= 15 is 0 Å². The Morgan fingerprint density at radius 3 is 2.59 bits per heavy atom. The number of aromatic nitrogens is 3. The van der Waals surface area contributed by atoms with Crippen LogP contribution in [-0.4, -0.2) is 77.0 Å². The minimum absolute atomic E-state index is 0.328. The minimum Gasteiger partial charge on any atom is -0.465 e. The van der Waals surface area contributed by atoms with Gasteiger partial charge in [0.15, 0.2) is 0 Å². The Morgan fingerprint density at radius 1 is 1.00 bits per heavy atom. The molecule has 10 nitrogen and oxygen atoms in total. The number of rotatable bonds is 8. The van der Waals surface area contributed by atoms with Crippen LogP contribution in [0.3, 0.4) is 0 Å². The quantitative estimate of drug-likeness (QED) is 0.308. The van der Waals surface area contributed by atoms with Crippen molar-refractivity contribution in [2.24, 2.45) is 0 Å². The highest BCUT2D eigenvalue weighted by Gasteiger charge is 2.20. The first-order chi connectivity index (χ1) is 19.9. The van der Waals surface area contributed by atoms with Crippen LogP contribution in [0.4, 0.5) is 17.3 Å². The smallest absolute Gasteiger partial charge is 0.338 e. The molecule has 0 saturated carbocycles. The molecule has 210 valence electrons. The maximum atomic E-state index is 13.2. The van der Waals surface area contributed by atoms with E-state index in [2.05, 4.69) is 42.4 Å². The number of carbonyl (C=O) groups excluding carboxylic acids is 2. The number of benzene rings is 2. The van der Waals surface area contributed by atoms with Gasteiger partial charge in [0.2, 0.25) is 5.95 Å². The van der Waals surface area contributed by atoms with Crippen molar-refractivity contribution < 1.29 is 14.3 Å². The molecule has 0 radical (unpaired) electrons. The number of ether oxygens (including phenoxy) is 1. The van der Waals surface area contributed by atoms with Gasteiger partial charge in [-0.1, -0.05) is 12.1 Å². The van der Waals surface area contributed by atoms with E-state index in [1.165, 1.54) is 7.11 Å². The number of piperazine rings is 1. The second-order valence-electron chi connectivity index (χ2n) is 10.1. The van der Waals surface area contributed by atoms with E-state index in [4.69, 9.17) is 4.74 Å². The molecule has 0 unspecified atom stereocenters. The van der Waals surface area contributed by atoms with E-state index < -0.39 is 5.97 Å². The van der Waals surface area contributed by atoms with Crippen molar-refractivity contribution in [3.05, 3.63) is 95.4 Å². The van der Waals surface area contributed by atoms with Gasteiger partial charge in [-0.3, -0.25) is 14.7 Å². The van der Waals surface area contributed by atoms with Crippen molar-refractivity contribution in [1.29, 1.82) is 0 Å². The van der Waals surface area contributed by atoms with Crippen LogP contribution < -0.4 is 10.6 Å². The monoisotopic (exact) mass is 551 g/mol. The van der Waals surface area contributed by atoms with Gasteiger partial charge in [0.25, 0.3) is 5.91 Å². The minimum atomic E-state index is -0.459. The molecule has 1 fully saturated rings. The molecule has 4 aromatic rings. The number of pyridine rings is 1. The van der Waals surface area contributed by atoms with Crippen LogP contribution in [0.15, 0.2) is 73.2 Å². The molecular formula is C31H33N7O3. The molecule has 1 amide bonds. The Labute approximate surface area is 239 Å². The maximum Gasteiger partial charge on any atom is 0.338 e. The summed E-state index contributed by atoms with van der Waals surface area (Å²) in [5, 5.41) is 6.20. The number of likely N-dealkylation sites (N-methyl/N-ethyl adjacent to an activating group) is 1. The largest absolute Gasteiger partial charge is 0.465 e. The summed E-state index contributed by atoms with van der Waals surface area (Å²) in [6.45, 7) is 6.37. The zero-order valence-electron chi connectivity index (χ0n) is 23.4. The SMILES string of the molecule is COC(=O)c1cc(C(=O)Nc2ccc(C)c(Nc3nccc(-c4cccnc4)n3)c2)ccc1CN1CCN(C)CC1. The van der Waals surface area contributed by atoms with Crippen molar-refractivity contribution in [2.75, 3.05) is 51.0 Å². The van der Waals surface area contributed by atoms with Gasteiger partial charge in [0, 0.05) is 73.8 Å². The highest BCUT2D eigenvalue weighted by atomic mass is 16.5. The summed E-state index contributed by atoms with van der Waals surface area (Å²) in [6, 6.07) is 16.4. The molecule has 5 rings (SSSR count). The average Bonchev–Trinajstić information content (AvgIpc) is 3.00. The van der Waals surface area contributed by atoms with E-state index in [1.807, 2.05) is 49.4 Å². The first-order valence-corrected chi connectivity index (χ1v) is 13.4. The standard InChI is InChI=1S/C31H33N7O3/c1-21-6-9-25(18-28(21)36-31-33-12-10-27(35-31)23-5-4-11-32-19-23)34-29(39)22-7-8-24(26(17-22)30(40)41-3)20-38-15-13-37(2)14-16-38/h4-12,17-19H,13-16,20H2,1-3H3,(H,34,39)(H,33,35,36). The predicted octanol–water partition coefficient (Wildman–Crippen LogP) is 4.38. The second-order valence-corrected chi connectivity index (χ2v) is 10.1. The average molecular weight is 552 g/mol. The highest BCUT2D eigenvalue weighted by molar-refractivity contribution is 6.06. The Balaban J connectivity index is 1.32. The van der Waals surface area contributed by atoms with Crippen LogP contribution in [0.2, 0.25) is 0 Å². The number of nitrogens with zero attached hydrogens (tertiary/aromatic N) is 5.